The zero-order valence-corrected chi connectivity index (χ0v) is 12.0. The van der Waals surface area contributed by atoms with Crippen LogP contribution in [0.15, 0.2) is 24.3 Å². The van der Waals surface area contributed by atoms with Crippen molar-refractivity contribution in [3.05, 3.63) is 35.4 Å². The normalized spacial score (nSPS) is 10.5. The van der Waals surface area contributed by atoms with E-state index in [1.807, 2.05) is 0 Å². The molecule has 3 nitrogen and oxygen atoms in total. The van der Waals surface area contributed by atoms with Crippen LogP contribution in [0.25, 0.3) is 0 Å². The molecule has 0 saturated carbocycles. The number of ketones is 1. The SMILES string of the molecule is CC(=O)CCC(=O)NCCc1ccc(C(C)C)cc1. The standard InChI is InChI=1S/C16H23NO2/c1-12(2)15-7-5-14(6-8-15)10-11-17-16(19)9-4-13(3)18/h5-8,12H,4,9-11H2,1-3H3,(H,17,19). The van der Waals surface area contributed by atoms with E-state index in [2.05, 4.69) is 43.4 Å². The Morgan fingerprint density at radius 1 is 1.11 bits per heavy atom. The zero-order chi connectivity index (χ0) is 14.3. The fourth-order valence-electron chi connectivity index (χ4n) is 1.79. The van der Waals surface area contributed by atoms with Gasteiger partial charge in [0.1, 0.15) is 5.78 Å². The van der Waals surface area contributed by atoms with Crippen LogP contribution in [0.4, 0.5) is 0 Å². The van der Waals surface area contributed by atoms with Crippen LogP contribution in [0.1, 0.15) is 50.7 Å². The summed E-state index contributed by atoms with van der Waals surface area (Å²) in [5.74, 6) is 0.550. The minimum Gasteiger partial charge on any atom is -0.356 e. The van der Waals surface area contributed by atoms with Gasteiger partial charge in [0.15, 0.2) is 0 Å². The second kappa shape index (κ2) is 7.72. The van der Waals surface area contributed by atoms with Gasteiger partial charge in [0.2, 0.25) is 5.91 Å². The summed E-state index contributed by atoms with van der Waals surface area (Å²) in [6, 6.07) is 8.49. The van der Waals surface area contributed by atoms with Gasteiger partial charge in [-0.1, -0.05) is 38.1 Å². The molecule has 1 amide bonds. The van der Waals surface area contributed by atoms with Crippen molar-refractivity contribution in [3.8, 4) is 0 Å². The average Bonchev–Trinajstić information content (AvgIpc) is 2.37. The molecule has 1 rings (SSSR count). The molecule has 1 aromatic carbocycles. The minimum absolute atomic E-state index is 0.0472. The zero-order valence-electron chi connectivity index (χ0n) is 12.0. The lowest BCUT2D eigenvalue weighted by Crippen LogP contribution is -2.25. The summed E-state index contributed by atoms with van der Waals surface area (Å²) >= 11 is 0. The number of amides is 1. The molecule has 0 aliphatic heterocycles. The molecule has 104 valence electrons. The highest BCUT2D eigenvalue weighted by molar-refractivity contribution is 5.83. The summed E-state index contributed by atoms with van der Waals surface area (Å²) in [7, 11) is 0. The van der Waals surface area contributed by atoms with Crippen LogP contribution in [-0.4, -0.2) is 18.2 Å². The van der Waals surface area contributed by atoms with Gasteiger partial charge in [0, 0.05) is 19.4 Å². The van der Waals surface area contributed by atoms with Crippen LogP contribution in [0.2, 0.25) is 0 Å². The molecule has 0 aliphatic rings. The van der Waals surface area contributed by atoms with Crippen molar-refractivity contribution in [2.45, 2.75) is 46.0 Å². The largest absolute Gasteiger partial charge is 0.356 e. The van der Waals surface area contributed by atoms with E-state index in [0.29, 0.717) is 25.3 Å². The van der Waals surface area contributed by atoms with Gasteiger partial charge in [0.05, 0.1) is 0 Å². The predicted molar refractivity (Wildman–Crippen MR) is 77.2 cm³/mol. The first-order chi connectivity index (χ1) is 8.99. The Balaban J connectivity index is 2.29. The van der Waals surface area contributed by atoms with Crippen LogP contribution in [0, 0.1) is 0 Å². The first-order valence-corrected chi connectivity index (χ1v) is 6.84. The van der Waals surface area contributed by atoms with E-state index in [-0.39, 0.29) is 11.7 Å². The van der Waals surface area contributed by atoms with Gasteiger partial charge < -0.3 is 10.1 Å². The summed E-state index contributed by atoms with van der Waals surface area (Å²) < 4.78 is 0. The molecule has 0 spiro atoms. The Morgan fingerprint density at radius 3 is 2.26 bits per heavy atom. The first kappa shape index (κ1) is 15.4. The molecule has 0 heterocycles. The van der Waals surface area contributed by atoms with Gasteiger partial charge in [0.25, 0.3) is 0 Å². The van der Waals surface area contributed by atoms with Crippen LogP contribution >= 0.6 is 0 Å². The number of Topliss-reactive ketones (excluding diaryl/α,β-unsaturated/α-hetero) is 1. The number of hydrogen-bond acceptors (Lipinski definition) is 2. The van der Waals surface area contributed by atoms with Gasteiger partial charge in [-0.25, -0.2) is 0 Å². The van der Waals surface area contributed by atoms with Crippen molar-refractivity contribution >= 4 is 11.7 Å². The lowest BCUT2D eigenvalue weighted by Gasteiger charge is -2.08. The van der Waals surface area contributed by atoms with Crippen LogP contribution < -0.4 is 5.32 Å². The highest BCUT2D eigenvalue weighted by Crippen LogP contribution is 2.14. The fraction of sp³-hybridized carbons (Fsp3) is 0.500. The monoisotopic (exact) mass is 261 g/mol. The average molecular weight is 261 g/mol. The maximum atomic E-state index is 11.4. The molecule has 0 unspecified atom stereocenters. The summed E-state index contributed by atoms with van der Waals surface area (Å²) in [6.45, 7) is 6.47. The Kier molecular flexibility index (Phi) is 6.26. The Labute approximate surface area is 115 Å². The molecule has 0 atom stereocenters. The Hall–Kier alpha value is -1.64. The van der Waals surface area contributed by atoms with E-state index in [1.165, 1.54) is 18.1 Å². The molecule has 0 aliphatic carbocycles. The molecule has 0 radical (unpaired) electrons. The maximum absolute atomic E-state index is 11.4. The molecule has 0 fully saturated rings. The van der Waals surface area contributed by atoms with Crippen molar-refractivity contribution in [1.29, 1.82) is 0 Å². The number of benzene rings is 1. The lowest BCUT2D eigenvalue weighted by molar-refractivity contribution is -0.124. The van der Waals surface area contributed by atoms with Crippen molar-refractivity contribution in [3.63, 3.8) is 0 Å². The Morgan fingerprint density at radius 2 is 1.74 bits per heavy atom. The molecule has 0 aromatic heterocycles. The first-order valence-electron chi connectivity index (χ1n) is 6.84. The Bertz CT molecular complexity index is 421. The van der Waals surface area contributed by atoms with E-state index in [9.17, 15) is 9.59 Å². The minimum atomic E-state index is -0.0472. The van der Waals surface area contributed by atoms with Gasteiger partial charge in [-0.2, -0.15) is 0 Å². The van der Waals surface area contributed by atoms with Crippen LogP contribution in [-0.2, 0) is 16.0 Å². The van der Waals surface area contributed by atoms with Gasteiger partial charge in [-0.05, 0) is 30.4 Å². The van der Waals surface area contributed by atoms with Crippen molar-refractivity contribution in [1.82, 2.24) is 5.32 Å². The molecule has 1 N–H and O–H groups in total. The third-order valence-electron chi connectivity index (χ3n) is 3.09. The highest BCUT2D eigenvalue weighted by atomic mass is 16.2. The van der Waals surface area contributed by atoms with E-state index in [0.717, 1.165) is 6.42 Å². The van der Waals surface area contributed by atoms with Gasteiger partial charge in [-0.3, -0.25) is 4.79 Å². The smallest absolute Gasteiger partial charge is 0.220 e. The molecule has 0 bridgehead atoms. The van der Waals surface area contributed by atoms with E-state index in [4.69, 9.17) is 0 Å². The summed E-state index contributed by atoms with van der Waals surface area (Å²) in [5.41, 5.74) is 2.55. The number of rotatable bonds is 7. The predicted octanol–water partition coefficient (Wildman–Crippen LogP) is 2.84. The second-order valence-electron chi connectivity index (χ2n) is 5.20. The molecule has 3 heteroatoms. The van der Waals surface area contributed by atoms with Crippen LogP contribution in [0.3, 0.4) is 0 Å². The molecular formula is C16H23NO2. The second-order valence-corrected chi connectivity index (χ2v) is 5.20. The van der Waals surface area contributed by atoms with Crippen molar-refractivity contribution in [2.24, 2.45) is 0 Å². The summed E-state index contributed by atoms with van der Waals surface area (Å²) in [5, 5.41) is 2.83. The van der Waals surface area contributed by atoms with Gasteiger partial charge in [-0.15, -0.1) is 0 Å². The molecule has 1 aromatic rings. The maximum Gasteiger partial charge on any atom is 0.220 e. The van der Waals surface area contributed by atoms with Crippen molar-refractivity contribution < 1.29 is 9.59 Å². The van der Waals surface area contributed by atoms with Crippen molar-refractivity contribution in [2.75, 3.05) is 6.54 Å². The summed E-state index contributed by atoms with van der Waals surface area (Å²) in [4.78, 5) is 22.2. The van der Waals surface area contributed by atoms with Crippen LogP contribution in [0.5, 0.6) is 0 Å². The van der Waals surface area contributed by atoms with E-state index >= 15 is 0 Å². The number of carbonyl (C=O) groups excluding carboxylic acids is 2. The van der Waals surface area contributed by atoms with E-state index < -0.39 is 0 Å². The highest BCUT2D eigenvalue weighted by Gasteiger charge is 2.03. The summed E-state index contributed by atoms with van der Waals surface area (Å²) in [6.07, 6.45) is 1.45. The number of nitrogens with one attached hydrogen (secondary N) is 1. The lowest BCUT2D eigenvalue weighted by atomic mass is 10.0. The third-order valence-corrected chi connectivity index (χ3v) is 3.09. The molecule has 0 saturated heterocycles. The number of hydrogen-bond donors (Lipinski definition) is 1. The quantitative estimate of drug-likeness (QED) is 0.820. The molecular weight excluding hydrogens is 238 g/mol. The number of carbonyl (C=O) groups is 2. The van der Waals surface area contributed by atoms with E-state index in [1.54, 1.807) is 0 Å². The fourth-order valence-corrected chi connectivity index (χ4v) is 1.79. The third kappa shape index (κ3) is 6.18. The molecule has 19 heavy (non-hydrogen) atoms. The topological polar surface area (TPSA) is 46.2 Å². The van der Waals surface area contributed by atoms with Gasteiger partial charge >= 0.3 is 0 Å².